The second kappa shape index (κ2) is 7.15. The average Bonchev–Trinajstić information content (AvgIpc) is 2.46. The number of hydrogen-bond acceptors (Lipinski definition) is 3. The summed E-state index contributed by atoms with van der Waals surface area (Å²) in [5, 5.41) is 8.56. The SMILES string of the molecule is C=C(CC)NCCCNc1ccnc2cc(Cl)ccc12. The van der Waals surface area contributed by atoms with Crippen LogP contribution in [0.1, 0.15) is 19.8 Å². The van der Waals surface area contributed by atoms with Gasteiger partial charge in [0.15, 0.2) is 0 Å². The van der Waals surface area contributed by atoms with Crippen LogP contribution in [0, 0.1) is 0 Å². The van der Waals surface area contributed by atoms with E-state index in [9.17, 15) is 0 Å². The molecule has 0 saturated carbocycles. The van der Waals surface area contributed by atoms with Gasteiger partial charge >= 0.3 is 0 Å². The van der Waals surface area contributed by atoms with Crippen LogP contribution in [0.5, 0.6) is 0 Å². The van der Waals surface area contributed by atoms with Crippen molar-refractivity contribution in [2.24, 2.45) is 0 Å². The third-order valence-electron chi connectivity index (χ3n) is 3.18. The Morgan fingerprint density at radius 3 is 2.95 bits per heavy atom. The van der Waals surface area contributed by atoms with E-state index >= 15 is 0 Å². The summed E-state index contributed by atoms with van der Waals surface area (Å²) in [4.78, 5) is 4.33. The molecule has 0 unspecified atom stereocenters. The molecule has 0 fully saturated rings. The normalized spacial score (nSPS) is 10.5. The number of aromatic nitrogens is 1. The van der Waals surface area contributed by atoms with Crippen LogP contribution in [0.25, 0.3) is 10.9 Å². The highest BCUT2D eigenvalue weighted by Gasteiger charge is 2.02. The number of hydrogen-bond donors (Lipinski definition) is 2. The van der Waals surface area contributed by atoms with Gasteiger partial charge in [-0.3, -0.25) is 4.98 Å². The minimum absolute atomic E-state index is 0.712. The molecule has 0 saturated heterocycles. The Labute approximate surface area is 125 Å². The number of allylic oxidation sites excluding steroid dienone is 1. The first-order chi connectivity index (χ1) is 9.70. The molecule has 1 heterocycles. The second-order valence-electron chi connectivity index (χ2n) is 4.68. The third kappa shape index (κ3) is 3.87. The van der Waals surface area contributed by atoms with Crippen molar-refractivity contribution in [2.75, 3.05) is 18.4 Å². The maximum absolute atomic E-state index is 5.98. The zero-order valence-corrected chi connectivity index (χ0v) is 12.5. The molecule has 0 radical (unpaired) electrons. The molecule has 0 amide bonds. The predicted octanol–water partition coefficient (Wildman–Crippen LogP) is 4.20. The Bertz CT molecular complexity index is 595. The van der Waals surface area contributed by atoms with Crippen molar-refractivity contribution >= 4 is 28.2 Å². The molecular weight excluding hydrogens is 270 g/mol. The van der Waals surface area contributed by atoms with Gasteiger partial charge in [-0.15, -0.1) is 0 Å². The van der Waals surface area contributed by atoms with Crippen LogP contribution in [-0.2, 0) is 0 Å². The van der Waals surface area contributed by atoms with Gasteiger partial charge in [-0.1, -0.05) is 25.1 Å². The summed E-state index contributed by atoms with van der Waals surface area (Å²) < 4.78 is 0. The Balaban J connectivity index is 1.92. The highest BCUT2D eigenvalue weighted by atomic mass is 35.5. The van der Waals surface area contributed by atoms with Crippen LogP contribution in [0.4, 0.5) is 5.69 Å². The van der Waals surface area contributed by atoms with Crippen LogP contribution in [0.3, 0.4) is 0 Å². The molecule has 2 rings (SSSR count). The fourth-order valence-corrected chi connectivity index (χ4v) is 2.14. The first-order valence-corrected chi connectivity index (χ1v) is 7.28. The van der Waals surface area contributed by atoms with Crippen LogP contribution in [0.2, 0.25) is 5.02 Å². The van der Waals surface area contributed by atoms with Gasteiger partial charge in [0.1, 0.15) is 0 Å². The van der Waals surface area contributed by atoms with E-state index < -0.39 is 0 Å². The topological polar surface area (TPSA) is 37.0 Å². The van der Waals surface area contributed by atoms with E-state index in [-0.39, 0.29) is 0 Å². The number of pyridine rings is 1. The van der Waals surface area contributed by atoms with Gasteiger partial charge in [0.05, 0.1) is 5.52 Å². The fourth-order valence-electron chi connectivity index (χ4n) is 1.98. The molecule has 4 heteroatoms. The van der Waals surface area contributed by atoms with Crippen LogP contribution in [0.15, 0.2) is 42.7 Å². The van der Waals surface area contributed by atoms with Gasteiger partial charge in [-0.05, 0) is 37.1 Å². The summed E-state index contributed by atoms with van der Waals surface area (Å²) in [6, 6.07) is 7.78. The van der Waals surface area contributed by atoms with E-state index in [0.29, 0.717) is 5.02 Å². The maximum atomic E-state index is 5.98. The van der Waals surface area contributed by atoms with Crippen molar-refractivity contribution in [3.63, 3.8) is 0 Å². The quantitative estimate of drug-likeness (QED) is 0.750. The van der Waals surface area contributed by atoms with Crippen molar-refractivity contribution in [2.45, 2.75) is 19.8 Å². The number of halogens is 1. The van der Waals surface area contributed by atoms with Crippen molar-refractivity contribution < 1.29 is 0 Å². The van der Waals surface area contributed by atoms with E-state index in [0.717, 1.165) is 48.2 Å². The molecule has 0 atom stereocenters. The summed E-state index contributed by atoms with van der Waals surface area (Å²) in [5.41, 5.74) is 3.11. The minimum Gasteiger partial charge on any atom is -0.389 e. The second-order valence-corrected chi connectivity index (χ2v) is 5.12. The molecule has 2 N–H and O–H groups in total. The van der Waals surface area contributed by atoms with E-state index in [1.165, 1.54) is 0 Å². The Morgan fingerprint density at radius 1 is 1.30 bits per heavy atom. The van der Waals surface area contributed by atoms with Gasteiger partial charge in [-0.25, -0.2) is 0 Å². The molecule has 0 aliphatic heterocycles. The Morgan fingerprint density at radius 2 is 2.15 bits per heavy atom. The zero-order valence-electron chi connectivity index (χ0n) is 11.7. The lowest BCUT2D eigenvalue weighted by Crippen LogP contribution is -2.16. The molecule has 0 aliphatic rings. The number of nitrogens with zero attached hydrogens (tertiary/aromatic N) is 1. The zero-order chi connectivity index (χ0) is 14.4. The lowest BCUT2D eigenvalue weighted by Gasteiger charge is -2.11. The minimum atomic E-state index is 0.712. The summed E-state index contributed by atoms with van der Waals surface area (Å²) in [6.07, 6.45) is 3.82. The number of fused-ring (bicyclic) bond motifs is 1. The largest absolute Gasteiger partial charge is 0.389 e. The first kappa shape index (κ1) is 14.7. The predicted molar refractivity (Wildman–Crippen MR) is 87.3 cm³/mol. The Kier molecular flexibility index (Phi) is 5.24. The highest BCUT2D eigenvalue weighted by molar-refractivity contribution is 6.31. The van der Waals surface area contributed by atoms with Crippen LogP contribution >= 0.6 is 11.6 Å². The average molecular weight is 290 g/mol. The summed E-state index contributed by atoms with van der Waals surface area (Å²) in [5.74, 6) is 0. The lowest BCUT2D eigenvalue weighted by molar-refractivity contribution is 0.727. The monoisotopic (exact) mass is 289 g/mol. The molecule has 0 aliphatic carbocycles. The molecule has 2 aromatic rings. The van der Waals surface area contributed by atoms with Gasteiger partial charge in [0.2, 0.25) is 0 Å². The lowest BCUT2D eigenvalue weighted by atomic mass is 10.2. The van der Waals surface area contributed by atoms with Gasteiger partial charge in [0.25, 0.3) is 0 Å². The van der Waals surface area contributed by atoms with Crippen molar-refractivity contribution in [1.82, 2.24) is 10.3 Å². The third-order valence-corrected chi connectivity index (χ3v) is 3.41. The van der Waals surface area contributed by atoms with E-state index in [4.69, 9.17) is 11.6 Å². The Hall–Kier alpha value is -1.74. The van der Waals surface area contributed by atoms with E-state index in [1.54, 1.807) is 6.20 Å². The molecule has 106 valence electrons. The smallest absolute Gasteiger partial charge is 0.0737 e. The van der Waals surface area contributed by atoms with Gasteiger partial charge in [0, 0.05) is 41.1 Å². The number of nitrogens with one attached hydrogen (secondary N) is 2. The summed E-state index contributed by atoms with van der Waals surface area (Å²) >= 11 is 5.98. The number of rotatable bonds is 7. The molecule has 1 aromatic heterocycles. The van der Waals surface area contributed by atoms with Crippen molar-refractivity contribution in [3.8, 4) is 0 Å². The summed E-state index contributed by atoms with van der Waals surface area (Å²) in [7, 11) is 0. The fraction of sp³-hybridized carbons (Fsp3) is 0.312. The molecule has 0 spiro atoms. The van der Waals surface area contributed by atoms with Crippen molar-refractivity contribution in [3.05, 3.63) is 47.8 Å². The van der Waals surface area contributed by atoms with Crippen LogP contribution in [-0.4, -0.2) is 18.1 Å². The molecule has 1 aromatic carbocycles. The molecule has 0 bridgehead atoms. The number of anilines is 1. The highest BCUT2D eigenvalue weighted by Crippen LogP contribution is 2.24. The van der Waals surface area contributed by atoms with Gasteiger partial charge in [-0.2, -0.15) is 0 Å². The molecule has 3 nitrogen and oxygen atoms in total. The van der Waals surface area contributed by atoms with E-state index in [1.807, 2.05) is 24.3 Å². The molecule has 20 heavy (non-hydrogen) atoms. The van der Waals surface area contributed by atoms with Crippen molar-refractivity contribution in [1.29, 1.82) is 0 Å². The number of benzene rings is 1. The molecular formula is C16H20ClN3. The first-order valence-electron chi connectivity index (χ1n) is 6.90. The van der Waals surface area contributed by atoms with Crippen LogP contribution < -0.4 is 10.6 Å². The van der Waals surface area contributed by atoms with E-state index in [2.05, 4.69) is 29.1 Å². The standard InChI is InChI=1S/C16H20ClN3/c1-3-12(2)18-8-4-9-19-15-7-10-20-16-11-13(17)5-6-14(15)16/h5-7,10-11,18H,2-4,8-9H2,1H3,(H,19,20). The van der Waals surface area contributed by atoms with Gasteiger partial charge < -0.3 is 10.6 Å². The summed E-state index contributed by atoms with van der Waals surface area (Å²) in [6.45, 7) is 7.87. The maximum Gasteiger partial charge on any atom is 0.0737 e.